The third-order valence-corrected chi connectivity index (χ3v) is 3.58. The fourth-order valence-electron chi connectivity index (χ4n) is 2.38. The summed E-state index contributed by atoms with van der Waals surface area (Å²) in [6.07, 6.45) is 1.40. The SMILES string of the molecule is CC1CN(C)CCC12CNC2. The molecule has 0 aromatic rings. The van der Waals surface area contributed by atoms with Gasteiger partial charge in [0.15, 0.2) is 0 Å². The summed E-state index contributed by atoms with van der Waals surface area (Å²) < 4.78 is 0. The van der Waals surface area contributed by atoms with Crippen molar-refractivity contribution in [2.45, 2.75) is 13.3 Å². The van der Waals surface area contributed by atoms with Gasteiger partial charge in [0, 0.05) is 25.0 Å². The van der Waals surface area contributed by atoms with Crippen LogP contribution >= 0.6 is 0 Å². The van der Waals surface area contributed by atoms with E-state index < -0.39 is 0 Å². The molecule has 1 N–H and O–H groups in total. The summed E-state index contributed by atoms with van der Waals surface area (Å²) >= 11 is 0. The number of nitrogens with zero attached hydrogens (tertiary/aromatic N) is 1. The zero-order valence-electron chi connectivity index (χ0n) is 7.56. The quantitative estimate of drug-likeness (QED) is 0.548. The van der Waals surface area contributed by atoms with Crippen LogP contribution < -0.4 is 5.32 Å². The van der Waals surface area contributed by atoms with E-state index in [0.29, 0.717) is 5.41 Å². The molecule has 2 nitrogen and oxygen atoms in total. The van der Waals surface area contributed by atoms with Gasteiger partial charge in [0.05, 0.1) is 0 Å². The fraction of sp³-hybridized carbons (Fsp3) is 1.00. The average Bonchev–Trinajstić information content (AvgIpc) is 1.84. The molecular formula is C9H18N2. The van der Waals surface area contributed by atoms with Crippen molar-refractivity contribution in [3.63, 3.8) is 0 Å². The third-order valence-electron chi connectivity index (χ3n) is 3.58. The molecule has 0 aromatic heterocycles. The second kappa shape index (κ2) is 2.46. The first-order valence-corrected chi connectivity index (χ1v) is 4.62. The van der Waals surface area contributed by atoms with E-state index in [0.717, 1.165) is 5.92 Å². The van der Waals surface area contributed by atoms with E-state index in [9.17, 15) is 0 Å². The molecule has 0 saturated carbocycles. The second-order valence-electron chi connectivity index (χ2n) is 4.38. The Labute approximate surface area is 69.0 Å². The summed E-state index contributed by atoms with van der Waals surface area (Å²) in [5.74, 6) is 0.891. The highest BCUT2D eigenvalue weighted by atomic mass is 15.1. The summed E-state index contributed by atoms with van der Waals surface area (Å²) in [6, 6.07) is 0. The molecule has 0 amide bonds. The lowest BCUT2D eigenvalue weighted by Gasteiger charge is -2.52. The maximum Gasteiger partial charge on any atom is 0.00238 e. The molecule has 2 fully saturated rings. The van der Waals surface area contributed by atoms with Crippen molar-refractivity contribution >= 4 is 0 Å². The fourth-order valence-corrected chi connectivity index (χ4v) is 2.38. The summed E-state index contributed by atoms with van der Waals surface area (Å²) in [6.45, 7) is 7.52. The number of hydrogen-bond acceptors (Lipinski definition) is 2. The van der Waals surface area contributed by atoms with Crippen LogP contribution in [0.2, 0.25) is 0 Å². The van der Waals surface area contributed by atoms with Gasteiger partial charge in [-0.05, 0) is 25.9 Å². The number of likely N-dealkylation sites (tertiary alicyclic amines) is 1. The van der Waals surface area contributed by atoms with Crippen molar-refractivity contribution in [3.05, 3.63) is 0 Å². The molecule has 2 saturated heterocycles. The van der Waals surface area contributed by atoms with Crippen LogP contribution in [0.15, 0.2) is 0 Å². The monoisotopic (exact) mass is 154 g/mol. The van der Waals surface area contributed by atoms with Crippen molar-refractivity contribution in [1.29, 1.82) is 0 Å². The van der Waals surface area contributed by atoms with Crippen LogP contribution in [0.5, 0.6) is 0 Å². The molecule has 2 aliphatic rings. The lowest BCUT2D eigenvalue weighted by atomic mass is 9.67. The Hall–Kier alpha value is -0.0800. The predicted octanol–water partition coefficient (Wildman–Crippen LogP) is 0.548. The van der Waals surface area contributed by atoms with Gasteiger partial charge in [0.2, 0.25) is 0 Å². The van der Waals surface area contributed by atoms with Crippen LogP contribution in [-0.2, 0) is 0 Å². The molecule has 1 spiro atoms. The van der Waals surface area contributed by atoms with Crippen molar-refractivity contribution in [2.75, 3.05) is 33.2 Å². The zero-order chi connectivity index (χ0) is 7.90. The molecule has 0 aromatic carbocycles. The Morgan fingerprint density at radius 3 is 2.64 bits per heavy atom. The Bertz CT molecular complexity index is 152. The number of piperidine rings is 1. The van der Waals surface area contributed by atoms with E-state index in [1.54, 1.807) is 0 Å². The van der Waals surface area contributed by atoms with Gasteiger partial charge in [-0.3, -0.25) is 0 Å². The van der Waals surface area contributed by atoms with E-state index in [4.69, 9.17) is 0 Å². The van der Waals surface area contributed by atoms with Crippen LogP contribution in [0.25, 0.3) is 0 Å². The Kier molecular flexibility index (Phi) is 1.69. The molecule has 2 rings (SSSR count). The highest BCUT2D eigenvalue weighted by Gasteiger charge is 2.44. The third kappa shape index (κ3) is 1.09. The number of hydrogen-bond donors (Lipinski definition) is 1. The van der Waals surface area contributed by atoms with E-state index in [1.165, 1.54) is 32.6 Å². The minimum Gasteiger partial charge on any atom is -0.316 e. The van der Waals surface area contributed by atoms with Gasteiger partial charge in [-0.2, -0.15) is 0 Å². The molecule has 2 heteroatoms. The molecule has 64 valence electrons. The largest absolute Gasteiger partial charge is 0.316 e. The Balaban J connectivity index is 2.01. The van der Waals surface area contributed by atoms with Gasteiger partial charge in [-0.15, -0.1) is 0 Å². The van der Waals surface area contributed by atoms with Gasteiger partial charge >= 0.3 is 0 Å². The highest BCUT2D eigenvalue weighted by molar-refractivity contribution is 4.99. The molecule has 0 aliphatic carbocycles. The van der Waals surface area contributed by atoms with Crippen LogP contribution in [0, 0.1) is 11.3 Å². The van der Waals surface area contributed by atoms with E-state index in [2.05, 4.69) is 24.2 Å². The van der Waals surface area contributed by atoms with Gasteiger partial charge in [-0.1, -0.05) is 6.92 Å². The van der Waals surface area contributed by atoms with Crippen LogP contribution in [-0.4, -0.2) is 38.1 Å². The molecule has 2 heterocycles. The molecule has 0 radical (unpaired) electrons. The number of rotatable bonds is 0. The average molecular weight is 154 g/mol. The molecule has 0 bridgehead atoms. The van der Waals surface area contributed by atoms with Crippen molar-refractivity contribution in [3.8, 4) is 0 Å². The first-order chi connectivity index (χ1) is 5.23. The highest BCUT2D eigenvalue weighted by Crippen LogP contribution is 2.38. The van der Waals surface area contributed by atoms with E-state index in [-0.39, 0.29) is 0 Å². The number of nitrogens with one attached hydrogen (secondary N) is 1. The Morgan fingerprint density at radius 1 is 1.45 bits per heavy atom. The lowest BCUT2D eigenvalue weighted by molar-refractivity contribution is 0.00924. The standard InChI is InChI=1S/C9H18N2/c1-8-5-11(2)4-3-9(8)6-10-7-9/h8,10H,3-7H2,1-2H3. The predicted molar refractivity (Wildman–Crippen MR) is 46.6 cm³/mol. The molecular weight excluding hydrogens is 136 g/mol. The van der Waals surface area contributed by atoms with E-state index >= 15 is 0 Å². The van der Waals surface area contributed by atoms with Crippen molar-refractivity contribution in [1.82, 2.24) is 10.2 Å². The lowest BCUT2D eigenvalue weighted by Crippen LogP contribution is -2.62. The minimum absolute atomic E-state index is 0.687. The van der Waals surface area contributed by atoms with Crippen LogP contribution in [0.1, 0.15) is 13.3 Å². The minimum atomic E-state index is 0.687. The molecule has 1 unspecified atom stereocenters. The molecule has 11 heavy (non-hydrogen) atoms. The van der Waals surface area contributed by atoms with Crippen molar-refractivity contribution < 1.29 is 0 Å². The van der Waals surface area contributed by atoms with E-state index in [1.807, 2.05) is 0 Å². The Morgan fingerprint density at radius 2 is 2.18 bits per heavy atom. The molecule has 1 atom stereocenters. The maximum atomic E-state index is 3.40. The topological polar surface area (TPSA) is 15.3 Å². The van der Waals surface area contributed by atoms with Gasteiger partial charge in [-0.25, -0.2) is 0 Å². The maximum absolute atomic E-state index is 3.40. The summed E-state index contributed by atoms with van der Waals surface area (Å²) in [5, 5.41) is 3.40. The summed E-state index contributed by atoms with van der Waals surface area (Å²) in [5.41, 5.74) is 0.687. The zero-order valence-corrected chi connectivity index (χ0v) is 7.56. The van der Waals surface area contributed by atoms with Crippen LogP contribution in [0.4, 0.5) is 0 Å². The van der Waals surface area contributed by atoms with Crippen LogP contribution in [0.3, 0.4) is 0 Å². The van der Waals surface area contributed by atoms with Crippen molar-refractivity contribution in [2.24, 2.45) is 11.3 Å². The van der Waals surface area contributed by atoms with Gasteiger partial charge < -0.3 is 10.2 Å². The normalized spacial score (nSPS) is 37.1. The smallest absolute Gasteiger partial charge is 0.00238 e. The summed E-state index contributed by atoms with van der Waals surface area (Å²) in [7, 11) is 2.23. The summed E-state index contributed by atoms with van der Waals surface area (Å²) in [4.78, 5) is 2.45. The van der Waals surface area contributed by atoms with Gasteiger partial charge in [0.25, 0.3) is 0 Å². The first kappa shape index (κ1) is 7.56. The van der Waals surface area contributed by atoms with Gasteiger partial charge in [0.1, 0.15) is 0 Å². The second-order valence-corrected chi connectivity index (χ2v) is 4.38. The first-order valence-electron chi connectivity index (χ1n) is 4.62. The molecule has 2 aliphatic heterocycles.